The highest BCUT2D eigenvalue weighted by Gasteiger charge is 2.28. The second-order valence-corrected chi connectivity index (χ2v) is 9.94. The van der Waals surface area contributed by atoms with Crippen LogP contribution in [0.4, 0.5) is 0 Å². The molecule has 0 unspecified atom stereocenters. The Balaban J connectivity index is 1.41. The minimum atomic E-state index is -3.43. The smallest absolute Gasteiger partial charge is 0.243 e. The van der Waals surface area contributed by atoms with E-state index in [1.165, 1.54) is 12.8 Å². The van der Waals surface area contributed by atoms with Gasteiger partial charge >= 0.3 is 0 Å². The van der Waals surface area contributed by atoms with Gasteiger partial charge in [-0.15, -0.1) is 0 Å². The lowest BCUT2D eigenvalue weighted by Gasteiger charge is -2.33. The van der Waals surface area contributed by atoms with Crippen LogP contribution in [-0.2, 0) is 29.7 Å². The first-order valence-electron chi connectivity index (χ1n) is 9.91. The molecule has 1 aromatic heterocycles. The summed E-state index contributed by atoms with van der Waals surface area (Å²) < 4.78 is 32.1. The van der Waals surface area contributed by atoms with Crippen molar-refractivity contribution in [2.45, 2.75) is 50.7 Å². The topological polar surface area (TPSA) is 63.4 Å². The van der Waals surface area contributed by atoms with Crippen LogP contribution in [0.3, 0.4) is 0 Å². The van der Waals surface area contributed by atoms with Crippen molar-refractivity contribution >= 4 is 22.2 Å². The van der Waals surface area contributed by atoms with Crippen molar-refractivity contribution in [2.75, 3.05) is 26.2 Å². The average Bonchev–Trinajstić information content (AvgIpc) is 2.85. The Kier molecular flexibility index (Phi) is 5.69. The summed E-state index contributed by atoms with van der Waals surface area (Å²) in [7, 11) is -3.43. The Bertz CT molecular complexity index is 986. The Morgan fingerprint density at radius 1 is 1.00 bits per heavy atom. The highest BCUT2D eigenvalue weighted by Crippen LogP contribution is 2.19. The number of nitrogens with zero attached hydrogens (tertiary/aromatic N) is 5. The zero-order valence-corrected chi connectivity index (χ0v) is 17.9. The molecule has 7 nitrogen and oxygen atoms in total. The molecule has 2 aliphatic heterocycles. The largest absolute Gasteiger partial charge is 0.304 e. The van der Waals surface area contributed by atoms with Crippen molar-refractivity contribution in [3.05, 3.63) is 40.4 Å². The quantitative estimate of drug-likeness (QED) is 0.710. The maximum Gasteiger partial charge on any atom is 0.243 e. The molecule has 0 N–H and O–H groups in total. The van der Waals surface area contributed by atoms with Gasteiger partial charge in [0.1, 0.15) is 5.82 Å². The summed E-state index contributed by atoms with van der Waals surface area (Å²) in [5.41, 5.74) is 1.05. The minimum absolute atomic E-state index is 0.367. The van der Waals surface area contributed by atoms with Crippen LogP contribution in [-0.4, -0.2) is 58.1 Å². The first-order valence-corrected chi connectivity index (χ1v) is 11.8. The molecular weight excluding hydrogens is 394 g/mol. The molecular formula is C19H27N5O2S2. The van der Waals surface area contributed by atoms with Gasteiger partial charge in [0.15, 0.2) is 4.77 Å². The molecule has 1 saturated heterocycles. The predicted molar refractivity (Wildman–Crippen MR) is 110 cm³/mol. The van der Waals surface area contributed by atoms with Gasteiger partial charge in [-0.25, -0.2) is 13.1 Å². The van der Waals surface area contributed by atoms with Crippen molar-refractivity contribution in [2.24, 2.45) is 0 Å². The summed E-state index contributed by atoms with van der Waals surface area (Å²) in [4.78, 5) is 2.59. The first-order chi connectivity index (χ1) is 13.4. The van der Waals surface area contributed by atoms with Gasteiger partial charge < -0.3 is 4.57 Å². The van der Waals surface area contributed by atoms with Gasteiger partial charge in [-0.2, -0.15) is 9.40 Å². The van der Waals surface area contributed by atoms with E-state index in [1.54, 1.807) is 16.4 Å². The molecule has 4 rings (SSSR count). The maximum absolute atomic E-state index is 12.9. The highest BCUT2D eigenvalue weighted by atomic mass is 32.2. The molecule has 9 heteroatoms. The van der Waals surface area contributed by atoms with E-state index in [0.717, 1.165) is 35.5 Å². The van der Waals surface area contributed by atoms with E-state index in [-0.39, 0.29) is 0 Å². The molecule has 0 spiro atoms. The highest BCUT2D eigenvalue weighted by molar-refractivity contribution is 7.89. The second-order valence-electron chi connectivity index (χ2n) is 7.64. The number of rotatable bonds is 4. The van der Waals surface area contributed by atoms with Crippen molar-refractivity contribution in [1.29, 1.82) is 0 Å². The van der Waals surface area contributed by atoms with Crippen molar-refractivity contribution in [3.63, 3.8) is 0 Å². The molecule has 1 aromatic carbocycles. The molecule has 0 saturated carbocycles. The standard InChI is InChI=1S/C19H27N5O2S2/c1-16-6-8-17(9-7-16)28(25,26)22-13-11-21(12-14-22)15-24-19(27)23-10-4-2-3-5-18(23)20-24/h6-9H,2-5,10-15H2,1H3. The summed E-state index contributed by atoms with van der Waals surface area (Å²) in [6.45, 7) is 5.85. The average molecular weight is 422 g/mol. The zero-order chi connectivity index (χ0) is 19.7. The third kappa shape index (κ3) is 3.94. The van der Waals surface area contributed by atoms with Crippen LogP contribution in [0.25, 0.3) is 0 Å². The molecule has 2 aromatic rings. The van der Waals surface area contributed by atoms with Gasteiger partial charge in [0, 0.05) is 39.1 Å². The number of piperazine rings is 1. The number of fused-ring (bicyclic) bond motifs is 1. The summed E-state index contributed by atoms with van der Waals surface area (Å²) >= 11 is 5.63. The van der Waals surface area contributed by atoms with Crippen LogP contribution in [0.2, 0.25) is 0 Å². The Morgan fingerprint density at radius 3 is 2.43 bits per heavy atom. The van der Waals surface area contributed by atoms with E-state index in [0.29, 0.717) is 37.7 Å². The Hall–Kier alpha value is -1.55. The molecule has 28 heavy (non-hydrogen) atoms. The maximum atomic E-state index is 12.9. The third-order valence-corrected chi connectivity index (χ3v) is 7.95. The molecule has 0 atom stereocenters. The van der Waals surface area contributed by atoms with Gasteiger partial charge in [0.25, 0.3) is 0 Å². The Labute approximate surface area is 171 Å². The molecule has 0 radical (unpaired) electrons. The van der Waals surface area contributed by atoms with Crippen LogP contribution >= 0.6 is 12.2 Å². The van der Waals surface area contributed by atoms with Crippen molar-refractivity contribution in [3.8, 4) is 0 Å². The molecule has 2 aliphatic rings. The second kappa shape index (κ2) is 8.06. The summed E-state index contributed by atoms with van der Waals surface area (Å²) in [6, 6.07) is 7.06. The minimum Gasteiger partial charge on any atom is -0.304 e. The zero-order valence-electron chi connectivity index (χ0n) is 16.2. The van der Waals surface area contributed by atoms with E-state index >= 15 is 0 Å². The lowest BCUT2D eigenvalue weighted by Crippen LogP contribution is -2.48. The van der Waals surface area contributed by atoms with Crippen molar-refractivity contribution in [1.82, 2.24) is 23.6 Å². The molecule has 1 fully saturated rings. The van der Waals surface area contributed by atoms with Crippen LogP contribution in [0.15, 0.2) is 29.2 Å². The van der Waals surface area contributed by atoms with Gasteiger partial charge in [0.2, 0.25) is 10.0 Å². The summed E-state index contributed by atoms with van der Waals surface area (Å²) in [5, 5.41) is 4.73. The Morgan fingerprint density at radius 2 is 1.71 bits per heavy atom. The van der Waals surface area contributed by atoms with Crippen LogP contribution in [0, 0.1) is 11.7 Å². The molecule has 152 valence electrons. The predicted octanol–water partition coefficient (Wildman–Crippen LogP) is 2.41. The van der Waals surface area contributed by atoms with Crippen LogP contribution in [0.1, 0.15) is 30.7 Å². The van der Waals surface area contributed by atoms with Crippen LogP contribution in [0.5, 0.6) is 0 Å². The summed E-state index contributed by atoms with van der Waals surface area (Å²) in [5.74, 6) is 1.09. The molecule has 0 amide bonds. The summed E-state index contributed by atoms with van der Waals surface area (Å²) in [6.07, 6.45) is 4.54. The van der Waals surface area contributed by atoms with E-state index in [4.69, 9.17) is 17.3 Å². The monoisotopic (exact) mass is 421 g/mol. The van der Waals surface area contributed by atoms with E-state index in [9.17, 15) is 8.42 Å². The van der Waals surface area contributed by atoms with Crippen molar-refractivity contribution < 1.29 is 8.42 Å². The fraction of sp³-hybridized carbons (Fsp3) is 0.579. The number of aromatic nitrogens is 3. The molecule has 0 bridgehead atoms. The SMILES string of the molecule is Cc1ccc(S(=O)(=O)N2CCN(Cn3nc4n(c3=S)CCCCC4)CC2)cc1. The van der Waals surface area contributed by atoms with Gasteiger partial charge in [-0.3, -0.25) is 4.90 Å². The number of sulfonamides is 1. The van der Waals surface area contributed by atoms with Gasteiger partial charge in [-0.05, 0) is 44.1 Å². The number of aryl methyl sites for hydroxylation is 2. The molecule has 3 heterocycles. The van der Waals surface area contributed by atoms with Crippen LogP contribution < -0.4 is 0 Å². The number of hydrogen-bond donors (Lipinski definition) is 0. The van der Waals surface area contributed by atoms with E-state index in [2.05, 4.69) is 9.47 Å². The third-order valence-electron chi connectivity index (χ3n) is 5.61. The molecule has 0 aliphatic carbocycles. The van der Waals surface area contributed by atoms with Gasteiger partial charge in [0.05, 0.1) is 11.6 Å². The lowest BCUT2D eigenvalue weighted by atomic mass is 10.2. The first kappa shape index (κ1) is 19.8. The fourth-order valence-electron chi connectivity index (χ4n) is 3.88. The number of hydrogen-bond acceptors (Lipinski definition) is 5. The normalized spacial score (nSPS) is 19.3. The fourth-order valence-corrected chi connectivity index (χ4v) is 5.59. The van der Waals surface area contributed by atoms with E-state index < -0.39 is 10.0 Å². The lowest BCUT2D eigenvalue weighted by molar-refractivity contribution is 0.144. The number of benzene rings is 1. The van der Waals surface area contributed by atoms with Gasteiger partial charge in [-0.1, -0.05) is 24.1 Å². The van der Waals surface area contributed by atoms with E-state index in [1.807, 2.05) is 23.7 Å².